The van der Waals surface area contributed by atoms with Crippen molar-refractivity contribution in [2.24, 2.45) is 5.92 Å². The van der Waals surface area contributed by atoms with Crippen molar-refractivity contribution >= 4 is 5.97 Å². The van der Waals surface area contributed by atoms with Crippen LogP contribution in [0.25, 0.3) is 0 Å². The minimum Gasteiger partial charge on any atom is -0.466 e. The number of fused-ring (bicyclic) bond motifs is 1. The smallest absolute Gasteiger partial charge is 0.310 e. The summed E-state index contributed by atoms with van der Waals surface area (Å²) in [5, 5.41) is 0. The predicted molar refractivity (Wildman–Crippen MR) is 63.2 cm³/mol. The molecule has 3 unspecified atom stereocenters. The normalized spacial score (nSPS) is 35.5. The van der Waals surface area contributed by atoms with Gasteiger partial charge in [0.25, 0.3) is 0 Å². The van der Waals surface area contributed by atoms with Crippen molar-refractivity contribution < 1.29 is 9.53 Å². The fourth-order valence-electron chi connectivity index (χ4n) is 3.28. The van der Waals surface area contributed by atoms with Gasteiger partial charge in [-0.2, -0.15) is 0 Å². The molecular formula is C13H23NO2. The molecule has 2 rings (SSSR count). The number of hydrogen-bond acceptors (Lipinski definition) is 3. The largest absolute Gasteiger partial charge is 0.466 e. The number of carbonyl (C=O) groups excluding carboxylic acids is 1. The molecule has 16 heavy (non-hydrogen) atoms. The quantitative estimate of drug-likeness (QED) is 0.675. The molecule has 2 aliphatic rings. The molecule has 92 valence electrons. The second-order valence-electron chi connectivity index (χ2n) is 5.06. The second kappa shape index (κ2) is 5.17. The van der Waals surface area contributed by atoms with E-state index < -0.39 is 0 Å². The molecule has 0 aromatic heterocycles. The maximum absolute atomic E-state index is 11.8. The average molecular weight is 225 g/mol. The van der Waals surface area contributed by atoms with Crippen molar-refractivity contribution in [3.63, 3.8) is 0 Å². The summed E-state index contributed by atoms with van der Waals surface area (Å²) in [6.45, 7) is 5.75. The van der Waals surface area contributed by atoms with Crippen LogP contribution in [0.15, 0.2) is 0 Å². The van der Waals surface area contributed by atoms with Crippen LogP contribution in [0.2, 0.25) is 0 Å². The summed E-state index contributed by atoms with van der Waals surface area (Å²) in [6, 6.07) is 1.10. The Morgan fingerprint density at radius 1 is 1.31 bits per heavy atom. The van der Waals surface area contributed by atoms with Gasteiger partial charge in [-0.05, 0) is 46.1 Å². The van der Waals surface area contributed by atoms with Crippen LogP contribution in [-0.2, 0) is 9.53 Å². The lowest BCUT2D eigenvalue weighted by molar-refractivity contribution is -0.153. The van der Waals surface area contributed by atoms with Gasteiger partial charge in [-0.1, -0.05) is 6.42 Å². The Kier molecular flexibility index (Phi) is 3.85. The summed E-state index contributed by atoms with van der Waals surface area (Å²) in [5.41, 5.74) is 0. The van der Waals surface area contributed by atoms with Gasteiger partial charge in [-0.15, -0.1) is 0 Å². The number of rotatable bonds is 2. The third-order valence-electron chi connectivity index (χ3n) is 4.18. The van der Waals surface area contributed by atoms with Crippen molar-refractivity contribution in [2.75, 3.05) is 13.2 Å². The van der Waals surface area contributed by atoms with Gasteiger partial charge in [0.15, 0.2) is 0 Å². The molecule has 0 saturated carbocycles. The number of piperidine rings is 2. The first-order valence-corrected chi connectivity index (χ1v) is 6.66. The van der Waals surface area contributed by atoms with E-state index in [0.29, 0.717) is 12.6 Å². The maximum Gasteiger partial charge on any atom is 0.310 e. The fourth-order valence-corrected chi connectivity index (χ4v) is 3.28. The Morgan fingerprint density at radius 3 is 2.88 bits per heavy atom. The van der Waals surface area contributed by atoms with E-state index in [4.69, 9.17) is 4.74 Å². The van der Waals surface area contributed by atoms with Gasteiger partial charge in [0, 0.05) is 12.1 Å². The van der Waals surface area contributed by atoms with E-state index in [2.05, 4.69) is 11.8 Å². The van der Waals surface area contributed by atoms with E-state index in [-0.39, 0.29) is 11.9 Å². The third-order valence-corrected chi connectivity index (χ3v) is 4.18. The highest BCUT2D eigenvalue weighted by Crippen LogP contribution is 2.33. The molecule has 3 nitrogen and oxygen atoms in total. The Morgan fingerprint density at radius 2 is 2.12 bits per heavy atom. The van der Waals surface area contributed by atoms with Crippen LogP contribution < -0.4 is 0 Å². The van der Waals surface area contributed by atoms with E-state index in [1.165, 1.54) is 32.2 Å². The zero-order valence-corrected chi connectivity index (χ0v) is 10.4. The zero-order valence-electron chi connectivity index (χ0n) is 10.4. The Hall–Kier alpha value is -0.570. The van der Waals surface area contributed by atoms with Crippen LogP contribution in [0.4, 0.5) is 0 Å². The average Bonchev–Trinajstić information content (AvgIpc) is 2.30. The SMILES string of the molecule is CCOC(=O)C1CCC2CCCCN2C1C. The molecule has 0 spiro atoms. The van der Waals surface area contributed by atoms with Gasteiger partial charge in [0.2, 0.25) is 0 Å². The zero-order chi connectivity index (χ0) is 11.5. The number of ether oxygens (including phenoxy) is 1. The van der Waals surface area contributed by atoms with Crippen molar-refractivity contribution in [1.29, 1.82) is 0 Å². The van der Waals surface area contributed by atoms with Crippen LogP contribution in [-0.4, -0.2) is 36.1 Å². The number of hydrogen-bond donors (Lipinski definition) is 0. The highest BCUT2D eigenvalue weighted by Gasteiger charge is 2.39. The molecule has 0 aromatic carbocycles. The summed E-state index contributed by atoms with van der Waals surface area (Å²) in [7, 11) is 0. The molecule has 3 heteroatoms. The van der Waals surface area contributed by atoms with Crippen LogP contribution in [0.3, 0.4) is 0 Å². The van der Waals surface area contributed by atoms with Crippen LogP contribution in [0.1, 0.15) is 46.0 Å². The van der Waals surface area contributed by atoms with E-state index in [1.54, 1.807) is 0 Å². The molecule has 0 N–H and O–H groups in total. The highest BCUT2D eigenvalue weighted by molar-refractivity contribution is 5.73. The minimum absolute atomic E-state index is 0.0130. The lowest BCUT2D eigenvalue weighted by Gasteiger charge is -2.46. The Labute approximate surface area is 98.1 Å². The number of esters is 1. The molecule has 2 saturated heterocycles. The molecule has 0 aromatic rings. The molecule has 0 bridgehead atoms. The molecule has 2 heterocycles. The molecule has 2 fully saturated rings. The summed E-state index contributed by atoms with van der Waals surface area (Å²) in [6.07, 6.45) is 6.16. The first-order valence-electron chi connectivity index (χ1n) is 6.66. The second-order valence-corrected chi connectivity index (χ2v) is 5.06. The summed E-state index contributed by atoms with van der Waals surface area (Å²) < 4.78 is 5.17. The van der Waals surface area contributed by atoms with Gasteiger partial charge in [-0.3, -0.25) is 9.69 Å². The summed E-state index contributed by atoms with van der Waals surface area (Å²) in [5.74, 6) is 0.119. The monoisotopic (exact) mass is 225 g/mol. The highest BCUT2D eigenvalue weighted by atomic mass is 16.5. The molecule has 3 atom stereocenters. The van der Waals surface area contributed by atoms with Crippen molar-refractivity contribution in [2.45, 2.75) is 58.0 Å². The van der Waals surface area contributed by atoms with Crippen molar-refractivity contribution in [3.8, 4) is 0 Å². The number of nitrogens with zero attached hydrogens (tertiary/aromatic N) is 1. The number of carbonyl (C=O) groups is 1. The van der Waals surface area contributed by atoms with Gasteiger partial charge in [0.1, 0.15) is 0 Å². The van der Waals surface area contributed by atoms with E-state index in [0.717, 1.165) is 12.5 Å². The van der Waals surface area contributed by atoms with Crippen LogP contribution >= 0.6 is 0 Å². The standard InChI is InChI=1S/C13H23NO2/c1-3-16-13(15)12-8-7-11-6-4-5-9-14(11)10(12)2/h10-12H,3-9H2,1-2H3. The van der Waals surface area contributed by atoms with Crippen molar-refractivity contribution in [1.82, 2.24) is 4.90 Å². The first-order chi connectivity index (χ1) is 7.74. The van der Waals surface area contributed by atoms with E-state index in [1.807, 2.05) is 6.92 Å². The maximum atomic E-state index is 11.8. The van der Waals surface area contributed by atoms with Crippen LogP contribution in [0, 0.1) is 5.92 Å². The van der Waals surface area contributed by atoms with Gasteiger partial charge >= 0.3 is 5.97 Å². The first kappa shape index (κ1) is 11.9. The molecule has 2 aliphatic heterocycles. The summed E-state index contributed by atoms with van der Waals surface area (Å²) >= 11 is 0. The topological polar surface area (TPSA) is 29.5 Å². The Bertz CT molecular complexity index is 254. The van der Waals surface area contributed by atoms with Crippen LogP contribution in [0.5, 0.6) is 0 Å². The predicted octanol–water partition coefficient (Wildman–Crippen LogP) is 2.20. The minimum atomic E-state index is 0.0130. The molecule has 0 amide bonds. The van der Waals surface area contributed by atoms with E-state index in [9.17, 15) is 4.79 Å². The lowest BCUT2D eigenvalue weighted by Crippen LogP contribution is -2.53. The fraction of sp³-hybridized carbons (Fsp3) is 0.923. The van der Waals surface area contributed by atoms with Crippen molar-refractivity contribution in [3.05, 3.63) is 0 Å². The molecule has 0 radical (unpaired) electrons. The van der Waals surface area contributed by atoms with Gasteiger partial charge < -0.3 is 4.74 Å². The Balaban J connectivity index is 1.99. The summed E-state index contributed by atoms with van der Waals surface area (Å²) in [4.78, 5) is 14.4. The third kappa shape index (κ3) is 2.24. The van der Waals surface area contributed by atoms with Gasteiger partial charge in [-0.25, -0.2) is 0 Å². The molecular weight excluding hydrogens is 202 g/mol. The molecule has 0 aliphatic carbocycles. The van der Waals surface area contributed by atoms with E-state index >= 15 is 0 Å². The lowest BCUT2D eigenvalue weighted by atomic mass is 9.82. The van der Waals surface area contributed by atoms with Gasteiger partial charge in [0.05, 0.1) is 12.5 Å².